The fourth-order valence-corrected chi connectivity index (χ4v) is 1.95. The smallest absolute Gasteiger partial charge is 0.312 e. The summed E-state index contributed by atoms with van der Waals surface area (Å²) in [6.07, 6.45) is 0. The highest BCUT2D eigenvalue weighted by Gasteiger charge is 2.29. The molecule has 1 unspecified atom stereocenters. The summed E-state index contributed by atoms with van der Waals surface area (Å²) < 4.78 is 5.13. The van der Waals surface area contributed by atoms with E-state index in [1.165, 1.54) is 0 Å². The van der Waals surface area contributed by atoms with Gasteiger partial charge in [-0.05, 0) is 30.2 Å². The largest absolute Gasteiger partial charge is 0.497 e. The SMILES string of the molecule is COc1cc(C)c2c(c1)C(C(=O)O)CN2. The van der Waals surface area contributed by atoms with Gasteiger partial charge in [0, 0.05) is 12.2 Å². The lowest BCUT2D eigenvalue weighted by Crippen LogP contribution is -2.13. The summed E-state index contributed by atoms with van der Waals surface area (Å²) in [5.74, 6) is -0.552. The van der Waals surface area contributed by atoms with Crippen LogP contribution in [0.2, 0.25) is 0 Å². The van der Waals surface area contributed by atoms with Gasteiger partial charge in [0.25, 0.3) is 0 Å². The summed E-state index contributed by atoms with van der Waals surface area (Å²) in [6, 6.07) is 3.69. The van der Waals surface area contributed by atoms with Gasteiger partial charge < -0.3 is 15.2 Å². The highest BCUT2D eigenvalue weighted by atomic mass is 16.5. The Hall–Kier alpha value is -1.71. The van der Waals surface area contributed by atoms with Gasteiger partial charge in [0.1, 0.15) is 11.7 Å². The average molecular weight is 207 g/mol. The van der Waals surface area contributed by atoms with Gasteiger partial charge in [-0.1, -0.05) is 0 Å². The third-order valence-electron chi connectivity index (χ3n) is 2.73. The second-order valence-electron chi connectivity index (χ2n) is 3.68. The van der Waals surface area contributed by atoms with Gasteiger partial charge in [-0.2, -0.15) is 0 Å². The monoisotopic (exact) mass is 207 g/mol. The van der Waals surface area contributed by atoms with Crippen molar-refractivity contribution in [1.29, 1.82) is 0 Å². The Balaban J connectivity index is 2.51. The van der Waals surface area contributed by atoms with Crippen LogP contribution in [0.15, 0.2) is 12.1 Å². The standard InChI is InChI=1S/C11H13NO3/c1-6-3-7(15-2)4-8-9(11(13)14)5-12-10(6)8/h3-4,9,12H,5H2,1-2H3,(H,13,14). The van der Waals surface area contributed by atoms with Crippen molar-refractivity contribution < 1.29 is 14.6 Å². The molecule has 0 radical (unpaired) electrons. The molecule has 1 aromatic rings. The number of carboxylic acids is 1. The van der Waals surface area contributed by atoms with Crippen LogP contribution in [0, 0.1) is 6.92 Å². The maximum absolute atomic E-state index is 11.0. The first-order valence-corrected chi connectivity index (χ1v) is 4.78. The van der Waals surface area contributed by atoms with Gasteiger partial charge in [0.2, 0.25) is 0 Å². The van der Waals surface area contributed by atoms with Crippen LogP contribution in [0.4, 0.5) is 5.69 Å². The van der Waals surface area contributed by atoms with Crippen molar-refractivity contribution in [2.45, 2.75) is 12.8 Å². The molecule has 2 rings (SSSR count). The zero-order valence-electron chi connectivity index (χ0n) is 8.70. The predicted octanol–water partition coefficient (Wildman–Crippen LogP) is 1.60. The quantitative estimate of drug-likeness (QED) is 0.773. The molecule has 80 valence electrons. The number of hydrogen-bond acceptors (Lipinski definition) is 3. The Morgan fingerprint density at radius 3 is 2.93 bits per heavy atom. The minimum atomic E-state index is -0.797. The van der Waals surface area contributed by atoms with Crippen LogP contribution in [-0.2, 0) is 4.79 Å². The molecular formula is C11H13NO3. The first kappa shape index (κ1) is 9.83. The molecular weight excluding hydrogens is 194 g/mol. The maximum atomic E-state index is 11.0. The third kappa shape index (κ3) is 1.52. The normalized spacial score (nSPS) is 18.1. The van der Waals surface area contributed by atoms with Crippen molar-refractivity contribution in [2.75, 3.05) is 19.0 Å². The molecule has 1 aromatic carbocycles. The maximum Gasteiger partial charge on any atom is 0.312 e. The Bertz CT molecular complexity index is 415. The van der Waals surface area contributed by atoms with Gasteiger partial charge in [0.15, 0.2) is 0 Å². The van der Waals surface area contributed by atoms with E-state index in [1.54, 1.807) is 13.2 Å². The lowest BCUT2D eigenvalue weighted by Gasteiger charge is -2.09. The summed E-state index contributed by atoms with van der Waals surface area (Å²) in [4.78, 5) is 11.0. The van der Waals surface area contributed by atoms with E-state index in [0.717, 1.165) is 16.8 Å². The number of carbonyl (C=O) groups is 1. The molecule has 4 nitrogen and oxygen atoms in total. The minimum absolute atomic E-state index is 0.457. The van der Waals surface area contributed by atoms with E-state index in [2.05, 4.69) is 5.32 Å². The third-order valence-corrected chi connectivity index (χ3v) is 2.73. The highest BCUT2D eigenvalue weighted by molar-refractivity contribution is 5.83. The number of methoxy groups -OCH3 is 1. The summed E-state index contributed by atoms with van der Waals surface area (Å²) in [5, 5.41) is 12.1. The molecule has 2 N–H and O–H groups in total. The molecule has 0 bridgehead atoms. The molecule has 0 saturated heterocycles. The fourth-order valence-electron chi connectivity index (χ4n) is 1.95. The van der Waals surface area contributed by atoms with Gasteiger partial charge in [-0.25, -0.2) is 0 Å². The predicted molar refractivity (Wildman–Crippen MR) is 56.6 cm³/mol. The van der Waals surface area contributed by atoms with Gasteiger partial charge in [-0.3, -0.25) is 4.79 Å². The summed E-state index contributed by atoms with van der Waals surface area (Å²) in [6.45, 7) is 2.40. The van der Waals surface area contributed by atoms with Gasteiger partial charge in [-0.15, -0.1) is 0 Å². The molecule has 0 aromatic heterocycles. The first-order valence-electron chi connectivity index (χ1n) is 4.78. The summed E-state index contributed by atoms with van der Waals surface area (Å²) >= 11 is 0. The van der Waals surface area contributed by atoms with E-state index in [0.29, 0.717) is 12.3 Å². The fraction of sp³-hybridized carbons (Fsp3) is 0.364. The molecule has 0 fully saturated rings. The Morgan fingerprint density at radius 2 is 2.33 bits per heavy atom. The van der Waals surface area contributed by atoms with Crippen molar-refractivity contribution in [1.82, 2.24) is 0 Å². The van der Waals surface area contributed by atoms with E-state index in [1.807, 2.05) is 13.0 Å². The van der Waals surface area contributed by atoms with Crippen molar-refractivity contribution in [3.05, 3.63) is 23.3 Å². The Kier molecular flexibility index (Phi) is 2.26. The number of benzene rings is 1. The number of hydrogen-bond donors (Lipinski definition) is 2. The van der Waals surface area contributed by atoms with Crippen LogP contribution in [-0.4, -0.2) is 24.7 Å². The van der Waals surface area contributed by atoms with Crippen LogP contribution < -0.4 is 10.1 Å². The molecule has 0 spiro atoms. The summed E-state index contributed by atoms with van der Waals surface area (Å²) in [5.41, 5.74) is 2.77. The summed E-state index contributed by atoms with van der Waals surface area (Å²) in [7, 11) is 1.58. The van der Waals surface area contributed by atoms with Gasteiger partial charge in [0.05, 0.1) is 7.11 Å². The molecule has 15 heavy (non-hydrogen) atoms. The number of carboxylic acid groups (broad SMARTS) is 1. The molecule has 1 aliphatic heterocycles. The molecule has 1 atom stereocenters. The zero-order valence-corrected chi connectivity index (χ0v) is 8.70. The lowest BCUT2D eigenvalue weighted by molar-refractivity contribution is -0.138. The topological polar surface area (TPSA) is 58.6 Å². The second kappa shape index (κ2) is 3.46. The van der Waals surface area contributed by atoms with Crippen molar-refractivity contribution in [3.63, 3.8) is 0 Å². The zero-order chi connectivity index (χ0) is 11.0. The van der Waals surface area contributed by atoms with Crippen molar-refractivity contribution in [2.24, 2.45) is 0 Å². The van der Waals surface area contributed by atoms with E-state index in [-0.39, 0.29) is 0 Å². The van der Waals surface area contributed by atoms with Crippen molar-refractivity contribution in [3.8, 4) is 5.75 Å². The number of aryl methyl sites for hydroxylation is 1. The molecule has 1 heterocycles. The first-order chi connectivity index (χ1) is 7.13. The number of ether oxygens (including phenoxy) is 1. The van der Waals surface area contributed by atoms with E-state index in [4.69, 9.17) is 9.84 Å². The Morgan fingerprint density at radius 1 is 1.60 bits per heavy atom. The Labute approximate surface area is 87.9 Å². The number of fused-ring (bicyclic) bond motifs is 1. The molecule has 0 saturated carbocycles. The van der Waals surface area contributed by atoms with Crippen LogP contribution in [0.3, 0.4) is 0 Å². The number of rotatable bonds is 2. The van der Waals surface area contributed by atoms with Crippen LogP contribution in [0.25, 0.3) is 0 Å². The number of aliphatic carboxylic acids is 1. The van der Waals surface area contributed by atoms with Gasteiger partial charge >= 0.3 is 5.97 Å². The van der Waals surface area contributed by atoms with E-state index >= 15 is 0 Å². The number of nitrogens with one attached hydrogen (secondary N) is 1. The van der Waals surface area contributed by atoms with Crippen molar-refractivity contribution >= 4 is 11.7 Å². The molecule has 0 aliphatic carbocycles. The molecule has 0 amide bonds. The number of anilines is 1. The van der Waals surface area contributed by atoms with Crippen LogP contribution in [0.1, 0.15) is 17.0 Å². The van der Waals surface area contributed by atoms with E-state index < -0.39 is 11.9 Å². The second-order valence-corrected chi connectivity index (χ2v) is 3.68. The van der Waals surface area contributed by atoms with E-state index in [9.17, 15) is 4.79 Å². The highest BCUT2D eigenvalue weighted by Crippen LogP contribution is 2.37. The lowest BCUT2D eigenvalue weighted by atomic mass is 9.99. The average Bonchev–Trinajstić information content (AvgIpc) is 2.61. The van der Waals surface area contributed by atoms with Crippen LogP contribution >= 0.6 is 0 Å². The molecule has 4 heteroatoms. The molecule has 1 aliphatic rings. The minimum Gasteiger partial charge on any atom is -0.497 e. The van der Waals surface area contributed by atoms with Crippen LogP contribution in [0.5, 0.6) is 5.75 Å².